The molecule has 0 radical (unpaired) electrons. The van der Waals surface area contributed by atoms with Crippen LogP contribution >= 0.6 is 0 Å². The van der Waals surface area contributed by atoms with Crippen LogP contribution < -0.4 is 4.74 Å². The fourth-order valence-corrected chi connectivity index (χ4v) is 1.46. The van der Waals surface area contributed by atoms with Crippen LogP contribution in [0, 0.1) is 5.92 Å². The molecule has 122 valence electrons. The Hall–Kier alpha value is -2.96. The molecule has 0 amide bonds. The van der Waals surface area contributed by atoms with E-state index in [-0.39, 0.29) is 13.0 Å². The Morgan fingerprint density at radius 1 is 1.09 bits per heavy atom. The quantitative estimate of drug-likeness (QED) is 0.306. The lowest BCUT2D eigenvalue weighted by Gasteiger charge is -2.10. The Morgan fingerprint density at radius 2 is 1.74 bits per heavy atom. The summed E-state index contributed by atoms with van der Waals surface area (Å²) in [7, 11) is 1.17. The first kappa shape index (κ1) is 18.1. The number of methoxy groups -OCH3 is 1. The summed E-state index contributed by atoms with van der Waals surface area (Å²) in [4.78, 5) is 44.7. The zero-order valence-corrected chi connectivity index (χ0v) is 12.5. The van der Waals surface area contributed by atoms with E-state index in [0.717, 1.165) is 12.2 Å². The van der Waals surface area contributed by atoms with Gasteiger partial charge in [0, 0.05) is 12.2 Å². The van der Waals surface area contributed by atoms with Gasteiger partial charge in [0.1, 0.15) is 18.6 Å². The van der Waals surface area contributed by atoms with Gasteiger partial charge in [-0.2, -0.15) is 0 Å². The second-order valence-corrected chi connectivity index (χ2v) is 4.37. The fraction of sp³-hybridized carbons (Fsp3) is 0.250. The van der Waals surface area contributed by atoms with Crippen molar-refractivity contribution in [2.24, 2.45) is 5.92 Å². The number of rotatable bonds is 8. The Bertz CT molecular complexity index is 577. The summed E-state index contributed by atoms with van der Waals surface area (Å²) in [5.74, 6) is -2.62. The summed E-state index contributed by atoms with van der Waals surface area (Å²) >= 11 is 0. The highest BCUT2D eigenvalue weighted by atomic mass is 16.5. The van der Waals surface area contributed by atoms with E-state index in [9.17, 15) is 19.2 Å². The van der Waals surface area contributed by atoms with Crippen molar-refractivity contribution in [3.63, 3.8) is 0 Å². The Labute approximate surface area is 132 Å². The molecule has 7 heteroatoms. The predicted molar refractivity (Wildman–Crippen MR) is 78.4 cm³/mol. The third-order valence-corrected chi connectivity index (χ3v) is 2.59. The lowest BCUT2D eigenvalue weighted by atomic mass is 10.1. The van der Waals surface area contributed by atoms with E-state index < -0.39 is 23.8 Å². The maximum Gasteiger partial charge on any atom is 0.331 e. The van der Waals surface area contributed by atoms with Crippen LogP contribution in [0.15, 0.2) is 42.5 Å². The van der Waals surface area contributed by atoms with Gasteiger partial charge < -0.3 is 19.0 Å². The molecular formula is C16H16O7. The van der Waals surface area contributed by atoms with Crippen LogP contribution in [0.3, 0.4) is 0 Å². The fourth-order valence-electron chi connectivity index (χ4n) is 1.46. The molecule has 0 saturated heterocycles. The summed E-state index contributed by atoms with van der Waals surface area (Å²) < 4.78 is 14.1. The van der Waals surface area contributed by atoms with Crippen LogP contribution in [0.1, 0.15) is 6.42 Å². The second kappa shape index (κ2) is 9.88. The van der Waals surface area contributed by atoms with E-state index in [1.54, 1.807) is 30.3 Å². The van der Waals surface area contributed by atoms with Gasteiger partial charge in [-0.1, -0.05) is 18.2 Å². The maximum atomic E-state index is 11.7. The number of benzene rings is 1. The average molecular weight is 320 g/mol. The van der Waals surface area contributed by atoms with Crippen molar-refractivity contribution in [3.05, 3.63) is 42.5 Å². The Morgan fingerprint density at radius 3 is 2.35 bits per heavy atom. The second-order valence-electron chi connectivity index (χ2n) is 4.37. The van der Waals surface area contributed by atoms with Gasteiger partial charge in [0.2, 0.25) is 0 Å². The van der Waals surface area contributed by atoms with Gasteiger partial charge in [0.25, 0.3) is 0 Å². The molecular weight excluding hydrogens is 304 g/mol. The molecule has 0 fully saturated rings. The number of hydrogen-bond acceptors (Lipinski definition) is 7. The molecule has 0 heterocycles. The van der Waals surface area contributed by atoms with Gasteiger partial charge in [-0.05, 0) is 12.1 Å². The third-order valence-electron chi connectivity index (χ3n) is 2.59. The largest absolute Gasteiger partial charge is 0.466 e. The van der Waals surface area contributed by atoms with Crippen LogP contribution in [0.2, 0.25) is 0 Å². The summed E-state index contributed by atoms with van der Waals surface area (Å²) in [6.07, 6.45) is 2.04. The van der Waals surface area contributed by atoms with E-state index in [0.29, 0.717) is 12.0 Å². The summed E-state index contributed by atoms with van der Waals surface area (Å²) in [6.45, 7) is -0.294. The first-order valence-corrected chi connectivity index (χ1v) is 6.69. The minimum Gasteiger partial charge on any atom is -0.466 e. The molecule has 0 spiro atoms. The van der Waals surface area contributed by atoms with E-state index >= 15 is 0 Å². The van der Waals surface area contributed by atoms with Crippen LogP contribution in [0.25, 0.3) is 0 Å². The zero-order valence-electron chi connectivity index (χ0n) is 12.5. The van der Waals surface area contributed by atoms with E-state index in [1.165, 1.54) is 7.11 Å². The predicted octanol–water partition coefficient (Wildman–Crippen LogP) is 1.07. The molecule has 0 aliphatic rings. The molecule has 1 aromatic carbocycles. The summed E-state index contributed by atoms with van der Waals surface area (Å²) in [5.41, 5.74) is 0. The molecule has 1 aromatic rings. The van der Waals surface area contributed by atoms with Crippen LogP contribution in [0.4, 0.5) is 0 Å². The van der Waals surface area contributed by atoms with Gasteiger partial charge in [-0.15, -0.1) is 0 Å². The number of hydrogen-bond donors (Lipinski definition) is 0. The minimum atomic E-state index is -0.832. The van der Waals surface area contributed by atoms with Gasteiger partial charge in [-0.3, -0.25) is 4.79 Å². The molecule has 1 atom stereocenters. The summed E-state index contributed by atoms with van der Waals surface area (Å²) in [5, 5.41) is 0. The SMILES string of the molecule is COC(=O)C=CC(=O)OCC(C=O)CC(=O)Oc1ccccc1. The molecule has 7 nitrogen and oxygen atoms in total. The van der Waals surface area contributed by atoms with E-state index in [4.69, 9.17) is 9.47 Å². The van der Waals surface area contributed by atoms with Crippen LogP contribution in [-0.4, -0.2) is 37.9 Å². The highest BCUT2D eigenvalue weighted by Gasteiger charge is 2.16. The number of esters is 3. The van der Waals surface area contributed by atoms with Gasteiger partial charge in [0.15, 0.2) is 0 Å². The summed E-state index contributed by atoms with van der Waals surface area (Å²) in [6, 6.07) is 8.38. The molecule has 23 heavy (non-hydrogen) atoms. The minimum absolute atomic E-state index is 0.230. The smallest absolute Gasteiger partial charge is 0.331 e. The molecule has 0 aliphatic heterocycles. The highest BCUT2D eigenvalue weighted by Crippen LogP contribution is 2.11. The van der Waals surface area contributed by atoms with Crippen molar-refractivity contribution in [1.29, 1.82) is 0 Å². The monoisotopic (exact) mass is 320 g/mol. The molecule has 0 saturated carbocycles. The molecule has 1 unspecified atom stereocenters. The normalized spacial score (nSPS) is 11.5. The number of aldehydes is 1. The van der Waals surface area contributed by atoms with E-state index in [2.05, 4.69) is 4.74 Å². The number of ether oxygens (including phenoxy) is 3. The van der Waals surface area contributed by atoms with Crippen molar-refractivity contribution in [2.75, 3.05) is 13.7 Å². The Kier molecular flexibility index (Phi) is 7.77. The maximum absolute atomic E-state index is 11.7. The van der Waals surface area contributed by atoms with Crippen LogP contribution in [-0.2, 0) is 28.7 Å². The molecule has 0 aliphatic carbocycles. The van der Waals surface area contributed by atoms with Gasteiger partial charge >= 0.3 is 17.9 Å². The van der Waals surface area contributed by atoms with Crippen LogP contribution in [0.5, 0.6) is 5.75 Å². The Balaban J connectivity index is 2.40. The first-order chi connectivity index (χ1) is 11.0. The standard InChI is InChI=1S/C16H16O7/c1-21-14(18)7-8-15(19)22-11-12(10-17)9-16(20)23-13-5-3-2-4-6-13/h2-8,10,12H,9,11H2,1H3. The van der Waals surface area contributed by atoms with E-state index in [1.807, 2.05) is 0 Å². The van der Waals surface area contributed by atoms with Crippen molar-refractivity contribution in [3.8, 4) is 5.75 Å². The number of carbonyl (C=O) groups is 4. The topological polar surface area (TPSA) is 96.0 Å². The third kappa shape index (κ3) is 7.56. The molecule has 0 bridgehead atoms. The lowest BCUT2D eigenvalue weighted by molar-refractivity contribution is -0.144. The number of carbonyl (C=O) groups excluding carboxylic acids is 4. The average Bonchev–Trinajstić information content (AvgIpc) is 2.57. The molecule has 1 rings (SSSR count). The first-order valence-electron chi connectivity index (χ1n) is 6.69. The van der Waals surface area contributed by atoms with Crippen molar-refractivity contribution >= 4 is 24.2 Å². The van der Waals surface area contributed by atoms with Crippen molar-refractivity contribution in [2.45, 2.75) is 6.42 Å². The highest BCUT2D eigenvalue weighted by molar-refractivity contribution is 5.91. The van der Waals surface area contributed by atoms with Crippen molar-refractivity contribution in [1.82, 2.24) is 0 Å². The lowest BCUT2D eigenvalue weighted by Crippen LogP contribution is -2.20. The van der Waals surface area contributed by atoms with Gasteiger partial charge in [-0.25, -0.2) is 9.59 Å². The molecule has 0 N–H and O–H groups in total. The van der Waals surface area contributed by atoms with Crippen molar-refractivity contribution < 1.29 is 33.4 Å². The molecule has 0 aromatic heterocycles. The van der Waals surface area contributed by atoms with Gasteiger partial charge in [0.05, 0.1) is 19.4 Å². The number of para-hydroxylation sites is 1. The zero-order chi connectivity index (χ0) is 17.1.